The molecule has 304 valence electrons. The number of hydrogen-bond acceptors (Lipinski definition) is 6. The molecule has 2 unspecified atom stereocenters. The van der Waals surface area contributed by atoms with Gasteiger partial charge in [0.25, 0.3) is 0 Å². The van der Waals surface area contributed by atoms with E-state index in [1.165, 1.54) is 51.4 Å². The average molecular weight is 745 g/mol. The van der Waals surface area contributed by atoms with Crippen molar-refractivity contribution in [3.8, 4) is 0 Å². The van der Waals surface area contributed by atoms with E-state index >= 15 is 0 Å². The Labute approximate surface area is 324 Å². The minimum absolute atomic E-state index is 0.0449. The number of nitrogens with zero attached hydrogens (tertiary/aromatic N) is 1. The molecule has 0 aliphatic carbocycles. The van der Waals surface area contributed by atoms with Crippen LogP contribution in [0.1, 0.15) is 155 Å². The number of carbonyl (C=O) groups excluding carboxylic acids is 2. The molecule has 0 spiro atoms. The van der Waals surface area contributed by atoms with Crippen molar-refractivity contribution >= 4 is 17.9 Å². The minimum atomic E-state index is -0.883. The zero-order chi connectivity index (χ0) is 39.3. The van der Waals surface area contributed by atoms with Crippen molar-refractivity contribution < 1.29 is 38.2 Å². The highest BCUT2D eigenvalue weighted by Gasteiger charge is 2.31. The van der Waals surface area contributed by atoms with E-state index in [0.29, 0.717) is 19.3 Å². The van der Waals surface area contributed by atoms with Crippen molar-refractivity contribution in [2.24, 2.45) is 0 Å². The van der Waals surface area contributed by atoms with Gasteiger partial charge in [-0.3, -0.25) is 9.59 Å². The fourth-order valence-electron chi connectivity index (χ4n) is 5.69. The first-order valence-corrected chi connectivity index (χ1v) is 20.8. The summed E-state index contributed by atoms with van der Waals surface area (Å²) in [6, 6.07) is -0.620. The quantitative estimate of drug-likeness (QED) is 0.0295. The second-order valence-electron chi connectivity index (χ2n) is 14.9. The molecule has 0 amide bonds. The Morgan fingerprint density at radius 1 is 0.585 bits per heavy atom. The van der Waals surface area contributed by atoms with E-state index in [9.17, 15) is 19.5 Å². The van der Waals surface area contributed by atoms with Crippen molar-refractivity contribution in [3.63, 3.8) is 0 Å². The zero-order valence-corrected chi connectivity index (χ0v) is 34.4. The van der Waals surface area contributed by atoms with Gasteiger partial charge in [-0.2, -0.15) is 0 Å². The topological polar surface area (TPSA) is 99.1 Å². The maximum Gasteiger partial charge on any atom is 0.362 e. The van der Waals surface area contributed by atoms with E-state index in [-0.39, 0.29) is 42.7 Å². The number of carbonyl (C=O) groups is 3. The maximum atomic E-state index is 12.7. The molecule has 0 saturated carbocycles. The largest absolute Gasteiger partial charge is 0.477 e. The maximum absolute atomic E-state index is 12.7. The molecule has 0 aliphatic rings. The van der Waals surface area contributed by atoms with Gasteiger partial charge in [0.15, 0.2) is 12.1 Å². The Morgan fingerprint density at radius 2 is 1.09 bits per heavy atom. The number of unbranched alkanes of at least 4 members (excludes halogenated alkanes) is 12. The lowest BCUT2D eigenvalue weighted by atomic mass is 10.1. The molecule has 0 heterocycles. The molecular formula is C45H78NO7+. The normalized spacial score (nSPS) is 13.6. The van der Waals surface area contributed by atoms with Crippen LogP contribution in [0.25, 0.3) is 0 Å². The highest BCUT2D eigenvalue weighted by atomic mass is 16.6. The van der Waals surface area contributed by atoms with Crippen LogP contribution in [0.5, 0.6) is 0 Å². The molecule has 0 aromatic heterocycles. The predicted molar refractivity (Wildman–Crippen MR) is 220 cm³/mol. The Morgan fingerprint density at radius 3 is 1.66 bits per heavy atom. The SMILES string of the molecule is CC/C=C/C/C=C/C/C=C/C/C=C/CCCCCCCCCCCC(=O)OC(COCCC(C(=O)O)[N+](C)(C)C)COC(=O)CC/C=C/CCCCC. The lowest BCUT2D eigenvalue weighted by Crippen LogP contribution is -2.50. The summed E-state index contributed by atoms with van der Waals surface area (Å²) in [5, 5.41) is 9.58. The number of rotatable bonds is 36. The molecule has 0 bridgehead atoms. The van der Waals surface area contributed by atoms with Crippen molar-refractivity contribution in [3.05, 3.63) is 60.8 Å². The van der Waals surface area contributed by atoms with Crippen molar-refractivity contribution in [2.75, 3.05) is 41.0 Å². The first-order valence-electron chi connectivity index (χ1n) is 20.8. The third kappa shape index (κ3) is 34.5. The van der Waals surface area contributed by atoms with Gasteiger partial charge in [-0.1, -0.05) is 132 Å². The number of likely N-dealkylation sites (N-methyl/N-ethyl adjacent to an activating group) is 1. The van der Waals surface area contributed by atoms with Crippen LogP contribution in [0.15, 0.2) is 60.8 Å². The van der Waals surface area contributed by atoms with Gasteiger partial charge in [-0.05, 0) is 64.2 Å². The molecule has 0 aromatic rings. The first-order chi connectivity index (χ1) is 25.6. The summed E-state index contributed by atoms with van der Waals surface area (Å²) in [5.41, 5.74) is 0. The minimum Gasteiger partial charge on any atom is -0.477 e. The summed E-state index contributed by atoms with van der Waals surface area (Å²) in [4.78, 5) is 36.7. The molecule has 1 N–H and O–H groups in total. The summed E-state index contributed by atoms with van der Waals surface area (Å²) >= 11 is 0. The van der Waals surface area contributed by atoms with E-state index < -0.39 is 18.1 Å². The number of quaternary nitrogens is 1. The van der Waals surface area contributed by atoms with Gasteiger partial charge in [-0.25, -0.2) is 4.79 Å². The number of carboxylic acids is 1. The third-order valence-corrected chi connectivity index (χ3v) is 8.91. The van der Waals surface area contributed by atoms with Crippen molar-refractivity contribution in [1.29, 1.82) is 0 Å². The van der Waals surface area contributed by atoms with E-state index in [1.54, 1.807) is 0 Å². The fraction of sp³-hybridized carbons (Fsp3) is 0.711. The average Bonchev–Trinajstić information content (AvgIpc) is 3.11. The predicted octanol–water partition coefficient (Wildman–Crippen LogP) is 11.0. The molecule has 0 fully saturated rings. The Bertz CT molecular complexity index is 1050. The molecule has 0 saturated heterocycles. The number of aliphatic carboxylic acids is 1. The molecule has 0 radical (unpaired) electrons. The van der Waals surface area contributed by atoms with Crippen LogP contribution in [-0.4, -0.2) is 80.6 Å². The molecule has 53 heavy (non-hydrogen) atoms. The summed E-state index contributed by atoms with van der Waals surface area (Å²) in [6.07, 6.45) is 43.0. The van der Waals surface area contributed by atoms with Gasteiger partial charge in [0.05, 0.1) is 34.4 Å². The summed E-state index contributed by atoms with van der Waals surface area (Å²) < 4.78 is 17.1. The molecule has 8 heteroatoms. The van der Waals surface area contributed by atoms with Gasteiger partial charge >= 0.3 is 17.9 Å². The molecule has 0 aliphatic heterocycles. The van der Waals surface area contributed by atoms with E-state index in [0.717, 1.165) is 64.2 Å². The van der Waals surface area contributed by atoms with Crippen molar-refractivity contribution in [1.82, 2.24) is 0 Å². The highest BCUT2D eigenvalue weighted by Crippen LogP contribution is 2.13. The lowest BCUT2D eigenvalue weighted by molar-refractivity contribution is -0.887. The molecule has 8 nitrogen and oxygen atoms in total. The first kappa shape index (κ1) is 50.0. The number of ether oxygens (including phenoxy) is 3. The van der Waals surface area contributed by atoms with Gasteiger partial charge < -0.3 is 23.8 Å². The fourth-order valence-corrected chi connectivity index (χ4v) is 5.69. The highest BCUT2D eigenvalue weighted by molar-refractivity contribution is 5.72. The van der Waals surface area contributed by atoms with Gasteiger partial charge in [0.2, 0.25) is 0 Å². The van der Waals surface area contributed by atoms with Crippen LogP contribution in [-0.2, 0) is 28.6 Å². The van der Waals surface area contributed by atoms with E-state index in [1.807, 2.05) is 27.2 Å². The number of esters is 2. The Kier molecular flexibility index (Phi) is 34.0. The van der Waals surface area contributed by atoms with Crippen molar-refractivity contribution in [2.45, 2.75) is 167 Å². The van der Waals surface area contributed by atoms with E-state index in [4.69, 9.17) is 14.2 Å². The smallest absolute Gasteiger partial charge is 0.362 e. The Balaban J connectivity index is 4.25. The second-order valence-corrected chi connectivity index (χ2v) is 14.9. The standard InChI is InChI=1S/C45H77NO7/c1-6-8-10-12-14-15-16-17-18-19-20-21-22-23-24-25-26-27-28-30-32-34-36-44(48)53-41(39-51-38-37-42(45(49)50)46(3,4)5)40-52-43(47)35-33-31-29-13-11-9-7-2/h8,10,14-15,17-18,20-21,29,31,41-42H,6-7,9,11-13,16,19,22-28,30,32-40H2,1-5H3/p+1/b10-8+,15-14+,18-17+,21-20+,31-29+. The van der Waals surface area contributed by atoms with Crippen LogP contribution < -0.4 is 0 Å². The van der Waals surface area contributed by atoms with Gasteiger partial charge in [0, 0.05) is 19.3 Å². The number of carboxylic acid groups (broad SMARTS) is 1. The zero-order valence-electron chi connectivity index (χ0n) is 34.4. The third-order valence-electron chi connectivity index (χ3n) is 8.91. The second kappa shape index (κ2) is 36.0. The summed E-state index contributed by atoms with van der Waals surface area (Å²) in [6.45, 7) is 4.49. The van der Waals surface area contributed by atoms with E-state index in [2.05, 4.69) is 68.5 Å². The van der Waals surface area contributed by atoms with Crippen LogP contribution in [0.3, 0.4) is 0 Å². The summed E-state index contributed by atoms with van der Waals surface area (Å²) in [7, 11) is 5.50. The molecule has 0 rings (SSSR count). The van der Waals surface area contributed by atoms with Crippen LogP contribution in [0.2, 0.25) is 0 Å². The number of hydrogen-bond donors (Lipinski definition) is 1. The molecular weight excluding hydrogens is 666 g/mol. The number of allylic oxidation sites excluding steroid dienone is 10. The van der Waals surface area contributed by atoms with Gasteiger partial charge in [0.1, 0.15) is 6.61 Å². The van der Waals surface area contributed by atoms with Gasteiger partial charge in [-0.15, -0.1) is 0 Å². The Hall–Kier alpha value is -2.97. The molecule has 0 aromatic carbocycles. The molecule has 2 atom stereocenters. The summed E-state index contributed by atoms with van der Waals surface area (Å²) in [5.74, 6) is -1.55. The monoisotopic (exact) mass is 745 g/mol. The lowest BCUT2D eigenvalue weighted by Gasteiger charge is -2.31. The van der Waals surface area contributed by atoms with Crippen LogP contribution in [0.4, 0.5) is 0 Å². The van der Waals surface area contributed by atoms with Crippen LogP contribution >= 0.6 is 0 Å². The van der Waals surface area contributed by atoms with Crippen LogP contribution in [0, 0.1) is 0 Å².